The summed E-state index contributed by atoms with van der Waals surface area (Å²) in [6.45, 7) is 0.467. The second kappa shape index (κ2) is 7.17. The van der Waals surface area contributed by atoms with E-state index in [1.54, 1.807) is 6.07 Å². The molecule has 0 fully saturated rings. The fourth-order valence-corrected chi connectivity index (χ4v) is 1.61. The number of amides is 1. The SMILES string of the molecule is NCC#Cc1ccc(C(=O)NCCc2ncno2)c(F)c1. The predicted molar refractivity (Wildman–Crippen MR) is 72.7 cm³/mol. The van der Waals surface area contributed by atoms with Crippen LogP contribution in [0.2, 0.25) is 0 Å². The summed E-state index contributed by atoms with van der Waals surface area (Å²) in [5.74, 6) is 4.58. The van der Waals surface area contributed by atoms with Crippen LogP contribution in [0.3, 0.4) is 0 Å². The first kappa shape index (κ1) is 14.7. The van der Waals surface area contributed by atoms with Crippen LogP contribution in [0.15, 0.2) is 29.0 Å². The van der Waals surface area contributed by atoms with Crippen LogP contribution in [0.1, 0.15) is 21.8 Å². The molecule has 0 saturated carbocycles. The summed E-state index contributed by atoms with van der Waals surface area (Å²) in [7, 11) is 0. The first-order chi connectivity index (χ1) is 10.2. The normalized spacial score (nSPS) is 9.81. The van der Waals surface area contributed by atoms with Crippen LogP contribution >= 0.6 is 0 Å². The van der Waals surface area contributed by atoms with Crippen LogP contribution in [0.25, 0.3) is 0 Å². The Hall–Kier alpha value is -2.72. The van der Waals surface area contributed by atoms with Crippen LogP contribution in [-0.2, 0) is 6.42 Å². The Labute approximate surface area is 120 Å². The van der Waals surface area contributed by atoms with Gasteiger partial charge in [0.25, 0.3) is 5.91 Å². The third kappa shape index (κ3) is 4.12. The molecule has 0 unspecified atom stereocenters. The molecule has 0 atom stereocenters. The molecule has 0 aliphatic rings. The van der Waals surface area contributed by atoms with E-state index in [0.717, 1.165) is 0 Å². The Morgan fingerprint density at radius 3 is 3.00 bits per heavy atom. The maximum absolute atomic E-state index is 13.8. The zero-order valence-corrected chi connectivity index (χ0v) is 11.1. The van der Waals surface area contributed by atoms with Gasteiger partial charge in [-0.1, -0.05) is 17.0 Å². The largest absolute Gasteiger partial charge is 0.351 e. The molecule has 108 valence electrons. The summed E-state index contributed by atoms with van der Waals surface area (Å²) >= 11 is 0. The van der Waals surface area contributed by atoms with Gasteiger partial charge in [-0.15, -0.1) is 0 Å². The molecule has 1 aromatic carbocycles. The van der Waals surface area contributed by atoms with Crippen LogP contribution in [-0.4, -0.2) is 29.1 Å². The number of carbonyl (C=O) groups excluding carboxylic acids is 1. The van der Waals surface area contributed by atoms with Gasteiger partial charge in [0.2, 0.25) is 5.89 Å². The summed E-state index contributed by atoms with van der Waals surface area (Å²) in [5, 5.41) is 6.02. The van der Waals surface area contributed by atoms with Crippen molar-refractivity contribution in [3.63, 3.8) is 0 Å². The van der Waals surface area contributed by atoms with E-state index >= 15 is 0 Å². The van der Waals surface area contributed by atoms with Gasteiger partial charge in [0.1, 0.15) is 5.82 Å². The first-order valence-corrected chi connectivity index (χ1v) is 6.23. The van der Waals surface area contributed by atoms with E-state index < -0.39 is 11.7 Å². The van der Waals surface area contributed by atoms with Gasteiger partial charge >= 0.3 is 0 Å². The van der Waals surface area contributed by atoms with Gasteiger partial charge in [-0.2, -0.15) is 4.98 Å². The van der Waals surface area contributed by atoms with Crippen molar-refractivity contribution in [1.82, 2.24) is 15.5 Å². The third-order valence-corrected chi connectivity index (χ3v) is 2.58. The summed E-state index contributed by atoms with van der Waals surface area (Å²) in [5.41, 5.74) is 5.67. The minimum Gasteiger partial charge on any atom is -0.351 e. The van der Waals surface area contributed by atoms with Crippen molar-refractivity contribution in [1.29, 1.82) is 0 Å². The third-order valence-electron chi connectivity index (χ3n) is 2.58. The molecular weight excluding hydrogens is 275 g/mol. The van der Waals surface area contributed by atoms with Crippen molar-refractivity contribution in [2.45, 2.75) is 6.42 Å². The highest BCUT2D eigenvalue weighted by Gasteiger charge is 2.11. The van der Waals surface area contributed by atoms with Crippen molar-refractivity contribution >= 4 is 5.91 Å². The Morgan fingerprint density at radius 1 is 1.48 bits per heavy atom. The smallest absolute Gasteiger partial charge is 0.254 e. The lowest BCUT2D eigenvalue weighted by Crippen LogP contribution is -2.26. The van der Waals surface area contributed by atoms with Crippen molar-refractivity contribution in [3.8, 4) is 11.8 Å². The summed E-state index contributed by atoms with van der Waals surface area (Å²) in [6.07, 6.45) is 1.66. The molecule has 1 heterocycles. The fraction of sp³-hybridized carbons (Fsp3) is 0.214. The molecule has 2 aromatic rings. The lowest BCUT2D eigenvalue weighted by atomic mass is 10.1. The van der Waals surface area contributed by atoms with E-state index in [1.807, 2.05) is 0 Å². The second-order valence-corrected chi connectivity index (χ2v) is 4.04. The highest BCUT2D eigenvalue weighted by molar-refractivity contribution is 5.94. The molecule has 21 heavy (non-hydrogen) atoms. The van der Waals surface area contributed by atoms with Gasteiger partial charge in [0.05, 0.1) is 12.1 Å². The molecule has 0 bridgehead atoms. The van der Waals surface area contributed by atoms with Crippen LogP contribution in [0, 0.1) is 17.7 Å². The number of aromatic nitrogens is 2. The molecule has 1 aromatic heterocycles. The number of nitrogens with zero attached hydrogens (tertiary/aromatic N) is 2. The number of nitrogens with one attached hydrogen (secondary N) is 1. The first-order valence-electron chi connectivity index (χ1n) is 6.23. The number of halogens is 1. The summed E-state index contributed by atoms with van der Waals surface area (Å²) in [4.78, 5) is 15.7. The zero-order valence-electron chi connectivity index (χ0n) is 11.1. The van der Waals surface area contributed by atoms with Crippen molar-refractivity contribution in [3.05, 3.63) is 47.4 Å². The minimum absolute atomic E-state index is 0.0428. The standard InChI is InChI=1S/C14H13FN4O2/c15-12-8-10(2-1-6-16)3-4-11(12)14(20)17-7-5-13-18-9-19-21-13/h3-4,8-9H,5-7,16H2,(H,17,20). The van der Waals surface area contributed by atoms with Gasteiger partial charge in [0.15, 0.2) is 6.33 Å². The molecule has 0 saturated heterocycles. The van der Waals surface area contributed by atoms with Gasteiger partial charge in [-0.25, -0.2) is 4.39 Å². The Morgan fingerprint density at radius 2 is 2.33 bits per heavy atom. The van der Waals surface area contributed by atoms with Gasteiger partial charge in [0, 0.05) is 18.5 Å². The maximum Gasteiger partial charge on any atom is 0.254 e. The average molecular weight is 288 g/mol. The molecule has 2 rings (SSSR count). The average Bonchev–Trinajstić information content (AvgIpc) is 2.98. The number of hydrogen-bond acceptors (Lipinski definition) is 5. The molecule has 0 aliphatic carbocycles. The van der Waals surface area contributed by atoms with E-state index in [9.17, 15) is 9.18 Å². The number of benzene rings is 1. The van der Waals surface area contributed by atoms with E-state index in [1.165, 1.54) is 18.5 Å². The van der Waals surface area contributed by atoms with E-state index in [2.05, 4.69) is 27.3 Å². The molecule has 7 heteroatoms. The Kier molecular flexibility index (Phi) is 5.01. The molecule has 0 spiro atoms. The predicted octanol–water partition coefficient (Wildman–Crippen LogP) is 0.491. The monoisotopic (exact) mass is 288 g/mol. The lowest BCUT2D eigenvalue weighted by Gasteiger charge is -2.05. The van der Waals surface area contributed by atoms with E-state index in [0.29, 0.717) is 17.9 Å². The topological polar surface area (TPSA) is 94.0 Å². The van der Waals surface area contributed by atoms with Gasteiger partial charge in [-0.3, -0.25) is 4.79 Å². The van der Waals surface area contributed by atoms with Crippen LogP contribution in [0.5, 0.6) is 0 Å². The van der Waals surface area contributed by atoms with Gasteiger partial charge in [-0.05, 0) is 18.2 Å². The Balaban J connectivity index is 1.95. The van der Waals surface area contributed by atoms with E-state index in [4.69, 9.17) is 10.3 Å². The molecular formula is C14H13FN4O2. The minimum atomic E-state index is -0.630. The number of rotatable bonds is 4. The summed E-state index contributed by atoms with van der Waals surface area (Å²) in [6, 6.07) is 4.16. The molecule has 0 aliphatic heterocycles. The quantitative estimate of drug-likeness (QED) is 0.799. The van der Waals surface area contributed by atoms with Gasteiger partial charge < -0.3 is 15.6 Å². The number of carbonyl (C=O) groups is 1. The maximum atomic E-state index is 13.8. The molecule has 3 N–H and O–H groups in total. The highest BCUT2D eigenvalue weighted by atomic mass is 19.1. The molecule has 1 amide bonds. The van der Waals surface area contributed by atoms with Crippen molar-refractivity contribution in [2.24, 2.45) is 5.73 Å². The second-order valence-electron chi connectivity index (χ2n) is 4.04. The lowest BCUT2D eigenvalue weighted by molar-refractivity contribution is 0.0949. The highest BCUT2D eigenvalue weighted by Crippen LogP contribution is 2.10. The van der Waals surface area contributed by atoms with Crippen LogP contribution < -0.4 is 11.1 Å². The number of nitrogens with two attached hydrogens (primary N) is 1. The molecule has 6 nitrogen and oxygen atoms in total. The van der Waals surface area contributed by atoms with Crippen molar-refractivity contribution in [2.75, 3.05) is 13.1 Å². The fourth-order valence-electron chi connectivity index (χ4n) is 1.61. The zero-order chi connectivity index (χ0) is 15.1. The summed E-state index contributed by atoms with van der Waals surface area (Å²) < 4.78 is 18.6. The Bertz CT molecular complexity index is 674. The van der Waals surface area contributed by atoms with Crippen molar-refractivity contribution < 1.29 is 13.7 Å². The van der Waals surface area contributed by atoms with Crippen LogP contribution in [0.4, 0.5) is 4.39 Å². The molecule has 0 radical (unpaired) electrons. The number of hydrogen-bond donors (Lipinski definition) is 2. The van der Waals surface area contributed by atoms with E-state index in [-0.39, 0.29) is 18.7 Å².